The maximum absolute atomic E-state index is 12.1. The molecule has 0 atom stereocenters. The van der Waals surface area contributed by atoms with Crippen LogP contribution in [0.25, 0.3) is 135 Å². The fourth-order valence-corrected chi connectivity index (χ4v) is 13.9. The zero-order valence-electron chi connectivity index (χ0n) is 76.8. The molecule has 0 aliphatic rings. The molecule has 0 spiro atoms. The van der Waals surface area contributed by atoms with Gasteiger partial charge in [-0.25, -0.2) is 29.9 Å². The second-order valence-electron chi connectivity index (χ2n) is 29.6. The van der Waals surface area contributed by atoms with Crippen molar-refractivity contribution >= 4 is 141 Å². The number of rotatable bonds is 18. The molecule has 18 aromatic rings. The van der Waals surface area contributed by atoms with Crippen molar-refractivity contribution in [3.8, 4) is 70.9 Å². The number of aromatic nitrogens is 12. The van der Waals surface area contributed by atoms with Gasteiger partial charge in [0.25, 0.3) is 39.3 Å². The summed E-state index contributed by atoms with van der Waals surface area (Å²) < 4.78 is 31.6. The lowest BCUT2D eigenvalue weighted by atomic mass is 10.1. The van der Waals surface area contributed by atoms with Crippen molar-refractivity contribution in [2.24, 2.45) is 0 Å². The van der Waals surface area contributed by atoms with Crippen LogP contribution < -0.4 is 61.8 Å². The number of carboxylic acid groups (broad SMARTS) is 1. The average molecular weight is 1880 g/mol. The van der Waals surface area contributed by atoms with Crippen LogP contribution in [0.2, 0.25) is 0 Å². The molecule has 6 heterocycles. The largest absolute Gasteiger partial charge is 0.496 e. The number of fused-ring (bicyclic) bond motifs is 6. The minimum Gasteiger partial charge on any atom is -0.496 e. The Bertz CT molecular complexity index is 7380. The molecule has 12 aromatic carbocycles. The summed E-state index contributed by atoms with van der Waals surface area (Å²) in [4.78, 5) is 124. The summed E-state index contributed by atoms with van der Waals surface area (Å²) in [6, 6.07) is 98.5. The molecule has 32 heteroatoms. The summed E-state index contributed by atoms with van der Waals surface area (Å²) in [5.74, 6) is 4.45. The lowest BCUT2D eigenvalue weighted by Crippen LogP contribution is -2.11. The number of benzene rings is 12. The van der Waals surface area contributed by atoms with E-state index in [-0.39, 0.29) is 102 Å². The van der Waals surface area contributed by atoms with Crippen molar-refractivity contribution in [3.05, 3.63) is 422 Å². The van der Waals surface area contributed by atoms with Crippen molar-refractivity contribution < 1.29 is 38.3 Å². The maximum Gasteiger partial charge on any atom is 0.300 e. The number of nitriles is 6. The van der Waals surface area contributed by atoms with Gasteiger partial charge >= 0.3 is 0 Å². The van der Waals surface area contributed by atoms with E-state index >= 15 is 0 Å². The van der Waals surface area contributed by atoms with Gasteiger partial charge in [-0.3, -0.25) is 33.6 Å². The Hall–Kier alpha value is -20.9. The maximum atomic E-state index is 12.1. The van der Waals surface area contributed by atoms with Gasteiger partial charge in [-0.2, -0.15) is 31.6 Å². The Morgan fingerprint density at radius 2 is 0.352 bits per heavy atom. The SMILES string of the molecule is CC(=O)O.COc1ccccc1/C=C(\C#N)c1nc2ccccc2c(=O)[nH]1.COc1ccccc1/C=C(\C#N)c1nc2ccccc2c(=O)[nH]1.COc1ccccc1/C=C(\C#N)c1nc2ccccc2c(=O)[nH]1.COc1ccccc1/C=C(\C#N)c1nc2ccccc2c(=O)[nH]1.COc1ccccc1/C=C(\C#N)c1nc2ccccc2c(=O)[nH]1.COc1ccccc1/C=C(\C#N)c1nc2ccccc2c(=O)[nH]1. The van der Waals surface area contributed by atoms with E-state index in [1.165, 1.54) is 0 Å². The first-order valence-electron chi connectivity index (χ1n) is 42.7. The number of carbonyl (C=O) groups is 1. The molecule has 18 rings (SSSR count). The van der Waals surface area contributed by atoms with Gasteiger partial charge in [-0.15, -0.1) is 0 Å². The van der Waals surface area contributed by atoms with E-state index in [1.807, 2.05) is 109 Å². The number of aliphatic carboxylic acids is 1. The summed E-state index contributed by atoms with van der Waals surface area (Å²) in [5, 5.41) is 67.0. The van der Waals surface area contributed by atoms with E-state index in [2.05, 4.69) is 96.2 Å². The van der Waals surface area contributed by atoms with E-state index in [0.717, 1.165) is 40.3 Å². The average Bonchev–Trinajstić information content (AvgIpc) is 0.821. The highest BCUT2D eigenvalue weighted by Gasteiger charge is 2.18. The standard InChI is InChI=1S/6C18H13N3O2.C2H4O2/c6*1-23-16-9-5-2-6-12(16)10-13(11-19)17-20-15-8-4-3-7-14(15)18(22)21-17;1-2(3)4/h6*2-10H,1H3,(H,20,21,22);1H3,(H,3,4)/b6*13-10+;. The van der Waals surface area contributed by atoms with Crippen molar-refractivity contribution in [3.63, 3.8) is 0 Å². The molecule has 0 saturated carbocycles. The van der Waals surface area contributed by atoms with Crippen LogP contribution in [0.5, 0.6) is 34.5 Å². The van der Waals surface area contributed by atoms with Gasteiger partial charge in [0, 0.05) is 40.3 Å². The van der Waals surface area contributed by atoms with Crippen LogP contribution in [-0.2, 0) is 4.79 Å². The number of carboxylic acids is 1. The normalized spacial score (nSPS) is 11.1. The molecule has 0 radical (unpaired) electrons. The molecule has 142 heavy (non-hydrogen) atoms. The first-order valence-corrected chi connectivity index (χ1v) is 42.7. The third-order valence-corrected chi connectivity index (χ3v) is 20.6. The number of H-pyrrole nitrogens is 6. The van der Waals surface area contributed by atoms with Crippen LogP contribution in [0, 0.1) is 68.0 Å². The third kappa shape index (κ3) is 25.5. The Labute approximate surface area is 808 Å². The van der Waals surface area contributed by atoms with Crippen molar-refractivity contribution in [2.45, 2.75) is 6.92 Å². The van der Waals surface area contributed by atoms with Gasteiger partial charge in [-0.05, 0) is 146 Å². The number of methoxy groups -OCH3 is 6. The highest BCUT2D eigenvalue weighted by Crippen LogP contribution is 2.31. The Balaban J connectivity index is 0.000000151. The Kier molecular flexibility index (Phi) is 34.7. The van der Waals surface area contributed by atoms with Crippen LogP contribution in [0.1, 0.15) is 75.3 Å². The highest BCUT2D eigenvalue weighted by molar-refractivity contribution is 5.96. The molecule has 0 unspecified atom stereocenters. The number of hydrogen-bond acceptors (Lipinski definition) is 25. The Morgan fingerprint density at radius 3 is 0.479 bits per heavy atom. The third-order valence-electron chi connectivity index (χ3n) is 20.6. The summed E-state index contributed by atoms with van der Waals surface area (Å²) in [7, 11) is 9.39. The molecule has 696 valence electrons. The van der Waals surface area contributed by atoms with Crippen molar-refractivity contribution in [1.82, 2.24) is 59.8 Å². The summed E-state index contributed by atoms with van der Waals surface area (Å²) in [6.07, 6.45) is 9.87. The highest BCUT2D eigenvalue weighted by atomic mass is 16.5. The van der Waals surface area contributed by atoms with Gasteiger partial charge in [0.1, 0.15) is 70.9 Å². The first kappa shape index (κ1) is 100. The fourth-order valence-electron chi connectivity index (χ4n) is 13.9. The number of nitrogens with one attached hydrogen (secondary N) is 6. The molecule has 0 fully saturated rings. The molecule has 7 N–H and O–H groups in total. The minimum atomic E-state index is -0.833. The van der Waals surface area contributed by atoms with Gasteiger partial charge in [-0.1, -0.05) is 182 Å². The van der Waals surface area contributed by atoms with Crippen molar-refractivity contribution in [1.29, 1.82) is 31.6 Å². The van der Waals surface area contributed by atoms with E-state index in [9.17, 15) is 60.3 Å². The van der Waals surface area contributed by atoms with Gasteiger partial charge in [0.2, 0.25) is 0 Å². The lowest BCUT2D eigenvalue weighted by molar-refractivity contribution is -0.134. The smallest absolute Gasteiger partial charge is 0.300 e. The first-order chi connectivity index (χ1) is 69.1. The summed E-state index contributed by atoms with van der Waals surface area (Å²) >= 11 is 0. The molecule has 0 aliphatic carbocycles. The molecule has 0 saturated heterocycles. The molecular formula is C110H82N18O14. The zero-order valence-corrected chi connectivity index (χ0v) is 76.8. The molecule has 32 nitrogen and oxygen atoms in total. The second-order valence-corrected chi connectivity index (χ2v) is 29.6. The lowest BCUT2D eigenvalue weighted by Gasteiger charge is -2.05. The number of hydrogen-bond donors (Lipinski definition) is 7. The number of para-hydroxylation sites is 12. The quantitative estimate of drug-likeness (QED) is 0.0392. The number of aromatic amines is 6. The number of nitrogens with zero attached hydrogens (tertiary/aromatic N) is 12. The van der Waals surface area contributed by atoms with Gasteiger partial charge in [0.15, 0.2) is 34.9 Å². The number of allylic oxidation sites excluding steroid dienone is 6. The van der Waals surface area contributed by atoms with Gasteiger partial charge < -0.3 is 63.4 Å². The molecule has 0 aliphatic heterocycles. The Morgan fingerprint density at radius 1 is 0.232 bits per heavy atom. The monoisotopic (exact) mass is 1880 g/mol. The predicted octanol–water partition coefficient (Wildman–Crippen LogP) is 18.1. The van der Waals surface area contributed by atoms with Crippen LogP contribution in [0.15, 0.2) is 320 Å². The van der Waals surface area contributed by atoms with E-state index in [1.54, 1.807) is 261 Å². The fraction of sp³-hybridized carbons (Fsp3) is 0.0636. The zero-order chi connectivity index (χ0) is 101. The van der Waals surface area contributed by atoms with Gasteiger partial charge in [0.05, 0.1) is 142 Å². The topological polar surface area (TPSA) is 510 Å². The van der Waals surface area contributed by atoms with Crippen LogP contribution in [-0.4, -0.2) is 114 Å². The van der Waals surface area contributed by atoms with Crippen LogP contribution in [0.4, 0.5) is 0 Å². The molecule has 0 amide bonds. The van der Waals surface area contributed by atoms with E-state index < -0.39 is 5.97 Å². The van der Waals surface area contributed by atoms with Crippen LogP contribution in [0.3, 0.4) is 0 Å². The molecular weight excluding hydrogens is 1800 g/mol. The summed E-state index contributed by atoms with van der Waals surface area (Å²) in [6.45, 7) is 1.08. The van der Waals surface area contributed by atoms with E-state index in [4.69, 9.17) is 38.3 Å². The second kappa shape index (κ2) is 49.2. The predicted molar refractivity (Wildman–Crippen MR) is 546 cm³/mol. The van der Waals surface area contributed by atoms with Crippen LogP contribution >= 0.6 is 0 Å². The number of ether oxygens (including phenoxy) is 6. The van der Waals surface area contributed by atoms with Crippen molar-refractivity contribution in [2.75, 3.05) is 42.7 Å². The van der Waals surface area contributed by atoms with E-state index in [0.29, 0.717) is 99.9 Å². The molecule has 6 aromatic heterocycles. The molecule has 0 bridgehead atoms. The minimum absolute atomic E-state index is 0.238. The summed E-state index contributed by atoms with van der Waals surface area (Å²) in [5.41, 5.74) is 7.66.